The zero-order valence-corrected chi connectivity index (χ0v) is 20.8. The number of nitrogens with one attached hydrogen (secondary N) is 1. The molecule has 188 valence electrons. The lowest BCUT2D eigenvalue weighted by Crippen LogP contribution is -2.44. The Morgan fingerprint density at radius 2 is 1.60 bits per heavy atom. The summed E-state index contributed by atoms with van der Waals surface area (Å²) in [5, 5.41) is 12.0. The molecule has 7 nitrogen and oxygen atoms in total. The minimum absolute atomic E-state index is 0.0312. The van der Waals surface area contributed by atoms with Gasteiger partial charge in [-0.3, -0.25) is 9.59 Å². The molecule has 3 rings (SSSR count). The molecule has 0 radical (unpaired) electrons. The number of hydrogen-bond acceptors (Lipinski definition) is 4. The quantitative estimate of drug-likeness (QED) is 0.436. The van der Waals surface area contributed by atoms with Crippen molar-refractivity contribution >= 4 is 18.0 Å². The lowest BCUT2D eigenvalue weighted by Gasteiger charge is -2.29. The minimum atomic E-state index is -0.942. The van der Waals surface area contributed by atoms with Gasteiger partial charge in [0.1, 0.15) is 6.61 Å². The number of hydrogen-bond donors (Lipinski definition) is 2. The average molecular weight is 481 g/mol. The summed E-state index contributed by atoms with van der Waals surface area (Å²) in [5.74, 6) is -1.14. The van der Waals surface area contributed by atoms with Crippen molar-refractivity contribution in [1.29, 1.82) is 0 Å². The number of ether oxygens (including phenoxy) is 1. The van der Waals surface area contributed by atoms with Gasteiger partial charge in [-0.2, -0.15) is 0 Å². The molecule has 1 aliphatic carbocycles. The van der Waals surface area contributed by atoms with Crippen molar-refractivity contribution in [3.05, 3.63) is 59.7 Å². The molecular formula is C28H36N2O5. The van der Waals surface area contributed by atoms with Crippen molar-refractivity contribution in [1.82, 2.24) is 10.2 Å². The number of benzene rings is 2. The van der Waals surface area contributed by atoms with E-state index in [0.717, 1.165) is 24.0 Å². The maximum atomic E-state index is 12.9. The molecule has 0 spiro atoms. The topological polar surface area (TPSA) is 95.9 Å². The largest absolute Gasteiger partial charge is 0.481 e. The van der Waals surface area contributed by atoms with Gasteiger partial charge in [0.05, 0.1) is 6.42 Å². The molecule has 2 amide bonds. The molecule has 1 aliphatic rings. The number of carbonyl (C=O) groups excluding carboxylic acids is 2. The number of carbonyl (C=O) groups is 3. The fraction of sp³-hybridized carbons (Fsp3) is 0.464. The number of amides is 2. The van der Waals surface area contributed by atoms with Crippen molar-refractivity contribution in [2.24, 2.45) is 0 Å². The molecule has 0 aliphatic heterocycles. The van der Waals surface area contributed by atoms with E-state index in [9.17, 15) is 14.4 Å². The predicted octanol–water partition coefficient (Wildman–Crippen LogP) is 5.19. The van der Waals surface area contributed by atoms with Gasteiger partial charge in [-0.1, -0.05) is 68.3 Å². The highest BCUT2D eigenvalue weighted by molar-refractivity contribution is 5.80. The first-order valence-corrected chi connectivity index (χ1v) is 12.5. The normalized spacial score (nSPS) is 13.9. The van der Waals surface area contributed by atoms with Gasteiger partial charge in [0.2, 0.25) is 5.91 Å². The zero-order valence-electron chi connectivity index (χ0n) is 20.8. The number of carboxylic acid groups (broad SMARTS) is 1. The van der Waals surface area contributed by atoms with Crippen LogP contribution in [0.5, 0.6) is 0 Å². The first-order chi connectivity index (χ1) is 16.8. The van der Waals surface area contributed by atoms with Gasteiger partial charge >= 0.3 is 12.1 Å². The number of nitrogens with zero attached hydrogens (tertiary/aromatic N) is 1. The van der Waals surface area contributed by atoms with Crippen molar-refractivity contribution in [3.8, 4) is 11.1 Å². The van der Waals surface area contributed by atoms with Crippen LogP contribution >= 0.6 is 0 Å². The fourth-order valence-electron chi connectivity index (χ4n) is 4.91. The molecular weight excluding hydrogens is 444 g/mol. The number of aliphatic carboxylic acids is 1. The van der Waals surface area contributed by atoms with Gasteiger partial charge in [0.15, 0.2) is 0 Å². The van der Waals surface area contributed by atoms with Crippen LogP contribution in [0.15, 0.2) is 48.5 Å². The highest BCUT2D eigenvalue weighted by Crippen LogP contribution is 2.44. The third-order valence-corrected chi connectivity index (χ3v) is 6.66. The van der Waals surface area contributed by atoms with E-state index in [0.29, 0.717) is 13.0 Å². The molecule has 2 aromatic carbocycles. The van der Waals surface area contributed by atoms with Crippen LogP contribution in [-0.2, 0) is 14.3 Å². The summed E-state index contributed by atoms with van der Waals surface area (Å²) in [7, 11) is 0. The van der Waals surface area contributed by atoms with Gasteiger partial charge in [0, 0.05) is 31.0 Å². The number of carboxylic acids is 1. The Bertz CT molecular complexity index is 992. The van der Waals surface area contributed by atoms with Crippen LogP contribution < -0.4 is 5.32 Å². The summed E-state index contributed by atoms with van der Waals surface area (Å²) in [5.41, 5.74) is 4.62. The molecule has 2 atom stereocenters. The number of fused-ring (bicyclic) bond motifs is 3. The van der Waals surface area contributed by atoms with Crippen LogP contribution in [0.25, 0.3) is 11.1 Å². The van der Waals surface area contributed by atoms with E-state index in [2.05, 4.69) is 36.5 Å². The van der Waals surface area contributed by atoms with E-state index in [1.807, 2.05) is 31.2 Å². The van der Waals surface area contributed by atoms with Crippen LogP contribution in [0.2, 0.25) is 0 Å². The monoisotopic (exact) mass is 480 g/mol. The van der Waals surface area contributed by atoms with Crippen LogP contribution in [0.4, 0.5) is 4.79 Å². The second kappa shape index (κ2) is 12.4. The van der Waals surface area contributed by atoms with E-state index >= 15 is 0 Å². The van der Waals surface area contributed by atoms with E-state index in [4.69, 9.17) is 9.84 Å². The van der Waals surface area contributed by atoms with E-state index in [1.165, 1.54) is 11.1 Å². The average Bonchev–Trinajstić information content (AvgIpc) is 3.15. The first-order valence-electron chi connectivity index (χ1n) is 12.5. The Balaban J connectivity index is 1.63. The van der Waals surface area contributed by atoms with E-state index in [-0.39, 0.29) is 37.3 Å². The maximum absolute atomic E-state index is 12.9. The van der Waals surface area contributed by atoms with Gasteiger partial charge in [-0.25, -0.2) is 4.79 Å². The summed E-state index contributed by atoms with van der Waals surface area (Å²) in [6.45, 7) is 6.25. The molecule has 0 fully saturated rings. The zero-order chi connectivity index (χ0) is 25.4. The predicted molar refractivity (Wildman–Crippen MR) is 135 cm³/mol. The molecule has 0 saturated carbocycles. The molecule has 2 N–H and O–H groups in total. The fourth-order valence-corrected chi connectivity index (χ4v) is 4.91. The highest BCUT2D eigenvalue weighted by atomic mass is 16.5. The van der Waals surface area contributed by atoms with Crippen molar-refractivity contribution in [2.45, 2.75) is 70.9 Å². The van der Waals surface area contributed by atoms with E-state index in [1.54, 1.807) is 11.8 Å². The number of unbranched alkanes of at least 4 members (excludes halogenated alkanes) is 1. The van der Waals surface area contributed by atoms with Crippen molar-refractivity contribution in [2.75, 3.05) is 13.2 Å². The Morgan fingerprint density at radius 3 is 2.14 bits per heavy atom. The standard InChI is InChI=1S/C28H36N2O5/c1-4-6-11-20(17-26(31)30(5-2)19(3)16-27(32)33)29-28(34)35-18-25-23-14-9-7-12-21(23)22-13-8-10-15-24(22)25/h7-10,12-15,19-20,25H,4-6,11,16-18H2,1-3H3,(H,29,34)(H,32,33)/t19?,20-/m1/s1. The third-order valence-electron chi connectivity index (χ3n) is 6.66. The number of rotatable bonds is 12. The Kier molecular flexibility index (Phi) is 9.29. The SMILES string of the molecule is CCCC[C@H](CC(=O)N(CC)C(C)CC(=O)O)NC(=O)OCC1c2ccccc2-c2ccccc21. The second-order valence-electron chi connectivity index (χ2n) is 9.14. The lowest BCUT2D eigenvalue weighted by molar-refractivity contribution is -0.140. The smallest absolute Gasteiger partial charge is 0.407 e. The molecule has 0 saturated heterocycles. The van der Waals surface area contributed by atoms with Crippen molar-refractivity contribution < 1.29 is 24.2 Å². The van der Waals surface area contributed by atoms with Gasteiger partial charge < -0.3 is 20.1 Å². The lowest BCUT2D eigenvalue weighted by atomic mass is 9.98. The maximum Gasteiger partial charge on any atom is 0.407 e. The van der Waals surface area contributed by atoms with Crippen LogP contribution in [0.1, 0.15) is 69.9 Å². The summed E-state index contributed by atoms with van der Waals surface area (Å²) in [6, 6.07) is 15.6. The molecule has 0 bridgehead atoms. The number of alkyl carbamates (subject to hydrolysis) is 1. The molecule has 35 heavy (non-hydrogen) atoms. The van der Waals surface area contributed by atoms with Crippen LogP contribution in [-0.4, -0.2) is 53.2 Å². The molecule has 0 aromatic heterocycles. The first kappa shape index (κ1) is 26.3. The van der Waals surface area contributed by atoms with Gasteiger partial charge in [0.25, 0.3) is 0 Å². The van der Waals surface area contributed by atoms with Gasteiger partial charge in [-0.15, -0.1) is 0 Å². The van der Waals surface area contributed by atoms with Gasteiger partial charge in [-0.05, 0) is 42.5 Å². The van der Waals surface area contributed by atoms with Crippen LogP contribution in [0.3, 0.4) is 0 Å². The van der Waals surface area contributed by atoms with Crippen molar-refractivity contribution in [3.63, 3.8) is 0 Å². The Labute approximate surface area is 207 Å². The summed E-state index contributed by atoms with van der Waals surface area (Å²) >= 11 is 0. The molecule has 2 aromatic rings. The minimum Gasteiger partial charge on any atom is -0.481 e. The summed E-state index contributed by atoms with van der Waals surface area (Å²) < 4.78 is 5.67. The van der Waals surface area contributed by atoms with Crippen LogP contribution in [0, 0.1) is 0 Å². The highest BCUT2D eigenvalue weighted by Gasteiger charge is 2.30. The summed E-state index contributed by atoms with van der Waals surface area (Å²) in [4.78, 5) is 38.3. The second-order valence-corrected chi connectivity index (χ2v) is 9.14. The van der Waals surface area contributed by atoms with E-state index < -0.39 is 18.1 Å². The molecule has 7 heteroatoms. The molecule has 1 unspecified atom stereocenters. The third kappa shape index (κ3) is 6.62. The Hall–Kier alpha value is -3.35. The molecule has 0 heterocycles. The Morgan fingerprint density at radius 1 is 1.00 bits per heavy atom. The summed E-state index contributed by atoms with van der Waals surface area (Å²) in [6.07, 6.45) is 1.91.